The van der Waals surface area contributed by atoms with E-state index in [2.05, 4.69) is 194 Å². The first-order chi connectivity index (χ1) is 27.3. The summed E-state index contributed by atoms with van der Waals surface area (Å²) < 4.78 is 6.93. The van der Waals surface area contributed by atoms with Crippen LogP contribution in [0, 0.1) is 0 Å². The van der Waals surface area contributed by atoms with Crippen LogP contribution >= 0.6 is 0 Å². The molecule has 0 fully saturated rings. The van der Waals surface area contributed by atoms with Gasteiger partial charge in [0, 0.05) is 11.1 Å². The Hall–Kier alpha value is -6.96. The van der Waals surface area contributed by atoms with Crippen LogP contribution in [0.2, 0.25) is 0 Å². The average Bonchev–Trinajstić information content (AvgIpc) is 3.84. The van der Waals surface area contributed by atoms with E-state index in [0.29, 0.717) is 0 Å². The molecule has 0 bridgehead atoms. The Morgan fingerprint density at radius 1 is 0.291 bits per heavy atom. The minimum atomic E-state index is -0.474. The molecule has 1 nitrogen and oxygen atoms in total. The number of hydrogen-bond donors (Lipinski definition) is 0. The van der Waals surface area contributed by atoms with Gasteiger partial charge in [-0.15, -0.1) is 0 Å². The third-order valence-electron chi connectivity index (χ3n) is 13.2. The number of benzene rings is 9. The van der Waals surface area contributed by atoms with Crippen molar-refractivity contribution >= 4 is 10.8 Å². The van der Waals surface area contributed by atoms with Crippen LogP contribution in [0.25, 0.3) is 55.3 Å². The van der Waals surface area contributed by atoms with Crippen LogP contribution < -0.4 is 4.74 Å². The van der Waals surface area contributed by atoms with Gasteiger partial charge >= 0.3 is 0 Å². The summed E-state index contributed by atoms with van der Waals surface area (Å²) in [6.07, 6.45) is 0. The summed E-state index contributed by atoms with van der Waals surface area (Å²) >= 11 is 0. The summed E-state index contributed by atoms with van der Waals surface area (Å²) in [5.41, 5.74) is 19.7. The van der Waals surface area contributed by atoms with E-state index >= 15 is 0 Å². The molecule has 0 unspecified atom stereocenters. The van der Waals surface area contributed by atoms with Crippen molar-refractivity contribution in [1.29, 1.82) is 0 Å². The highest BCUT2D eigenvalue weighted by atomic mass is 16.5. The van der Waals surface area contributed by atoms with Crippen molar-refractivity contribution in [1.82, 2.24) is 0 Å². The minimum absolute atomic E-state index is 0.445. The molecule has 0 saturated heterocycles. The zero-order chi connectivity index (χ0) is 35.9. The van der Waals surface area contributed by atoms with Gasteiger partial charge in [-0.3, -0.25) is 0 Å². The van der Waals surface area contributed by atoms with Crippen LogP contribution in [-0.2, 0) is 10.8 Å². The second-order valence-electron chi connectivity index (χ2n) is 15.5. The SMILES string of the molecule is c1ccc2c(c1)Oc1cc(-c3ccc4c(c3)C3(c5ccccc5-c5ccccc53)c3c-4ccc4ccccc34)ccc1C21c2ccccc2-c2ccccc21. The van der Waals surface area contributed by atoms with Crippen molar-refractivity contribution in [2.24, 2.45) is 0 Å². The van der Waals surface area contributed by atoms with E-state index in [1.807, 2.05) is 0 Å². The molecule has 0 saturated carbocycles. The molecule has 1 heteroatoms. The fraction of sp³-hybridized carbons (Fsp3) is 0.0370. The first kappa shape index (κ1) is 29.5. The fourth-order valence-electron chi connectivity index (χ4n) is 11.1. The van der Waals surface area contributed by atoms with E-state index in [-0.39, 0.29) is 0 Å². The Labute approximate surface area is 319 Å². The maximum atomic E-state index is 6.93. The van der Waals surface area contributed by atoms with Crippen LogP contribution in [-0.4, -0.2) is 0 Å². The van der Waals surface area contributed by atoms with Crippen molar-refractivity contribution in [3.8, 4) is 56.0 Å². The third-order valence-corrected chi connectivity index (χ3v) is 13.2. The molecule has 0 N–H and O–H groups in total. The van der Waals surface area contributed by atoms with Gasteiger partial charge in [0.05, 0.1) is 10.8 Å². The molecule has 4 aliphatic rings. The predicted molar refractivity (Wildman–Crippen MR) is 223 cm³/mol. The van der Waals surface area contributed by atoms with Gasteiger partial charge in [0.15, 0.2) is 0 Å². The molecule has 0 amide bonds. The predicted octanol–water partition coefficient (Wildman–Crippen LogP) is 13.3. The molecular formula is C54H32O. The summed E-state index contributed by atoms with van der Waals surface area (Å²) in [4.78, 5) is 0. The van der Waals surface area contributed by atoms with Gasteiger partial charge in [-0.1, -0.05) is 176 Å². The molecule has 0 atom stereocenters. The topological polar surface area (TPSA) is 9.23 Å². The normalized spacial score (nSPS) is 15.0. The van der Waals surface area contributed by atoms with Gasteiger partial charge in [-0.2, -0.15) is 0 Å². The smallest absolute Gasteiger partial charge is 0.132 e. The molecule has 0 aromatic heterocycles. The lowest BCUT2D eigenvalue weighted by molar-refractivity contribution is 0.436. The van der Waals surface area contributed by atoms with Crippen LogP contribution in [0.1, 0.15) is 44.5 Å². The Kier molecular flexibility index (Phi) is 5.56. The summed E-state index contributed by atoms with van der Waals surface area (Å²) in [7, 11) is 0. The molecule has 9 aromatic carbocycles. The van der Waals surface area contributed by atoms with Gasteiger partial charge in [0.2, 0.25) is 0 Å². The fourth-order valence-corrected chi connectivity index (χ4v) is 11.1. The Morgan fingerprint density at radius 2 is 0.764 bits per heavy atom. The van der Waals surface area contributed by atoms with Crippen molar-refractivity contribution < 1.29 is 4.74 Å². The lowest BCUT2D eigenvalue weighted by Gasteiger charge is -2.39. The van der Waals surface area contributed by atoms with Gasteiger partial charge in [-0.05, 0) is 107 Å². The summed E-state index contributed by atoms with van der Waals surface area (Å²) in [6.45, 7) is 0. The Morgan fingerprint density at radius 3 is 1.44 bits per heavy atom. The molecule has 13 rings (SSSR count). The molecule has 55 heavy (non-hydrogen) atoms. The van der Waals surface area contributed by atoms with Crippen molar-refractivity contribution in [2.45, 2.75) is 10.8 Å². The maximum absolute atomic E-state index is 6.93. The van der Waals surface area contributed by atoms with E-state index in [9.17, 15) is 0 Å². The highest BCUT2D eigenvalue weighted by Crippen LogP contribution is 2.65. The summed E-state index contributed by atoms with van der Waals surface area (Å²) in [6, 6.07) is 72.3. The second-order valence-corrected chi connectivity index (χ2v) is 15.5. The largest absolute Gasteiger partial charge is 0.457 e. The maximum Gasteiger partial charge on any atom is 0.132 e. The molecule has 0 radical (unpaired) electrons. The lowest BCUT2D eigenvalue weighted by Crippen LogP contribution is -2.32. The van der Waals surface area contributed by atoms with Crippen LogP contribution in [0.3, 0.4) is 0 Å². The zero-order valence-corrected chi connectivity index (χ0v) is 29.9. The van der Waals surface area contributed by atoms with E-state index in [0.717, 1.165) is 17.1 Å². The van der Waals surface area contributed by atoms with E-state index < -0.39 is 10.8 Å². The molecule has 9 aromatic rings. The number of para-hydroxylation sites is 1. The van der Waals surface area contributed by atoms with Gasteiger partial charge < -0.3 is 4.74 Å². The van der Waals surface area contributed by atoms with Crippen molar-refractivity contribution in [2.75, 3.05) is 0 Å². The lowest BCUT2D eigenvalue weighted by atomic mass is 9.66. The van der Waals surface area contributed by atoms with E-state index in [1.54, 1.807) is 0 Å². The molecular weight excluding hydrogens is 665 g/mol. The highest BCUT2D eigenvalue weighted by Gasteiger charge is 2.53. The molecule has 1 aliphatic heterocycles. The molecule has 3 aliphatic carbocycles. The third kappa shape index (κ3) is 3.46. The average molecular weight is 697 g/mol. The summed E-state index contributed by atoms with van der Waals surface area (Å²) in [5, 5.41) is 2.58. The Bertz CT molecular complexity index is 3050. The van der Waals surface area contributed by atoms with E-state index in [1.165, 1.54) is 94.2 Å². The van der Waals surface area contributed by atoms with Crippen LogP contribution in [0.15, 0.2) is 194 Å². The highest BCUT2D eigenvalue weighted by molar-refractivity contribution is 6.04. The molecule has 254 valence electrons. The van der Waals surface area contributed by atoms with E-state index in [4.69, 9.17) is 4.74 Å². The Balaban J connectivity index is 1.07. The number of rotatable bonds is 1. The molecule has 2 spiro atoms. The van der Waals surface area contributed by atoms with Crippen molar-refractivity contribution in [3.63, 3.8) is 0 Å². The molecule has 1 heterocycles. The first-order valence-electron chi connectivity index (χ1n) is 19.3. The number of fused-ring (bicyclic) bond motifs is 21. The number of ether oxygens (including phenoxy) is 1. The quantitative estimate of drug-likeness (QED) is 0.166. The monoisotopic (exact) mass is 696 g/mol. The number of hydrogen-bond acceptors (Lipinski definition) is 1. The van der Waals surface area contributed by atoms with Gasteiger partial charge in [0.1, 0.15) is 11.5 Å². The van der Waals surface area contributed by atoms with Crippen LogP contribution in [0.4, 0.5) is 0 Å². The van der Waals surface area contributed by atoms with Gasteiger partial charge in [0.25, 0.3) is 0 Å². The first-order valence-corrected chi connectivity index (χ1v) is 19.3. The summed E-state index contributed by atoms with van der Waals surface area (Å²) in [5.74, 6) is 1.82. The zero-order valence-electron chi connectivity index (χ0n) is 29.9. The minimum Gasteiger partial charge on any atom is -0.457 e. The second kappa shape index (κ2) is 10.4. The van der Waals surface area contributed by atoms with Gasteiger partial charge in [-0.25, -0.2) is 0 Å². The standard InChI is InChI=1S/C54H32O/c1-2-14-36-33(13-1)25-29-42-41-28-26-34(31-49(41)54(52(36)42)45-21-9-5-17-39(45)40-18-6-10-22-46(40)54)35-27-30-48-51(32-35)55-50-24-12-11-23-47(50)53(48)43-19-7-3-15-37(43)38-16-4-8-20-44(38)53/h1-32H. The van der Waals surface area contributed by atoms with Crippen LogP contribution in [0.5, 0.6) is 11.5 Å². The van der Waals surface area contributed by atoms with Crippen molar-refractivity contribution in [3.05, 3.63) is 239 Å².